The third kappa shape index (κ3) is 5.31. The van der Waals surface area contributed by atoms with Gasteiger partial charge < -0.3 is 20.8 Å². The van der Waals surface area contributed by atoms with Gasteiger partial charge in [0.15, 0.2) is 5.82 Å². The van der Waals surface area contributed by atoms with E-state index in [-0.39, 0.29) is 24.0 Å². The summed E-state index contributed by atoms with van der Waals surface area (Å²) in [5.41, 5.74) is 12.6. The molecule has 0 spiro atoms. The predicted octanol–water partition coefficient (Wildman–Crippen LogP) is 1.70. The lowest BCUT2D eigenvalue weighted by Crippen LogP contribution is -2.28. The monoisotopic (exact) mass is 462 g/mol. The second-order valence-electron chi connectivity index (χ2n) is 7.23. The average molecular weight is 463 g/mol. The minimum absolute atomic E-state index is 0.119. The van der Waals surface area contributed by atoms with Crippen LogP contribution in [0.4, 0.5) is 4.39 Å². The van der Waals surface area contributed by atoms with Crippen LogP contribution in [0, 0.1) is 5.82 Å². The Morgan fingerprint density at radius 2 is 1.94 bits per heavy atom. The molecule has 0 aliphatic rings. The van der Waals surface area contributed by atoms with Gasteiger partial charge >= 0.3 is 10.1 Å². The Hall–Kier alpha value is -3.28. The van der Waals surface area contributed by atoms with Gasteiger partial charge in [-0.15, -0.1) is 0 Å². The number of rotatable bonds is 9. The lowest BCUT2D eigenvalue weighted by molar-refractivity contribution is -0.125. The zero-order valence-corrected chi connectivity index (χ0v) is 18.0. The van der Waals surface area contributed by atoms with Crippen LogP contribution in [0.5, 0.6) is 5.75 Å². The number of halogens is 1. The van der Waals surface area contributed by atoms with Crippen molar-refractivity contribution in [3.8, 4) is 5.75 Å². The molecule has 11 heteroatoms. The molecule has 3 aromatic rings. The number of nitrogens with two attached hydrogens (primary N) is 2. The molecule has 5 N–H and O–H groups in total. The normalized spacial score (nSPS) is 13.5. The van der Waals surface area contributed by atoms with Crippen molar-refractivity contribution in [2.45, 2.75) is 23.5 Å². The van der Waals surface area contributed by atoms with Gasteiger partial charge in [-0.3, -0.25) is 9.35 Å². The van der Waals surface area contributed by atoms with E-state index in [0.29, 0.717) is 12.0 Å². The number of imidazole rings is 1. The Kier molecular flexibility index (Phi) is 6.92. The molecule has 1 aromatic heterocycles. The molecular weight excluding hydrogens is 439 g/mol. The van der Waals surface area contributed by atoms with Crippen LogP contribution >= 0.6 is 0 Å². The Labute approximate surface area is 184 Å². The van der Waals surface area contributed by atoms with E-state index in [9.17, 15) is 22.2 Å². The van der Waals surface area contributed by atoms with Gasteiger partial charge in [-0.05, 0) is 42.3 Å². The standard InChI is InChI=1S/C21H23FN4O5S/c1-26-12-18(32(28,29)30)25-21(26)19(20(24)27)31-15-7-8-17(22)16(10-15)14(11-23)9-13-5-3-2-4-6-13/h2-8,10,12,14,19H,9,11,23H2,1H3,(H2,24,27)(H,28,29,30). The van der Waals surface area contributed by atoms with Crippen molar-refractivity contribution in [3.05, 3.63) is 77.5 Å². The number of carbonyl (C=O) groups is 1. The number of hydrogen-bond acceptors (Lipinski definition) is 6. The molecule has 2 atom stereocenters. The highest BCUT2D eigenvalue weighted by Gasteiger charge is 2.28. The molecule has 170 valence electrons. The number of primary amides is 1. The van der Waals surface area contributed by atoms with Gasteiger partial charge in [-0.2, -0.15) is 8.42 Å². The van der Waals surface area contributed by atoms with Gasteiger partial charge in [0.25, 0.3) is 5.91 Å². The summed E-state index contributed by atoms with van der Waals surface area (Å²) in [5.74, 6) is -1.81. The van der Waals surface area contributed by atoms with Gasteiger partial charge in [0.05, 0.1) is 0 Å². The Morgan fingerprint density at radius 1 is 1.25 bits per heavy atom. The molecule has 0 aliphatic heterocycles. The first-order valence-electron chi connectivity index (χ1n) is 9.60. The Morgan fingerprint density at radius 3 is 2.50 bits per heavy atom. The molecule has 1 heterocycles. The third-order valence-electron chi connectivity index (χ3n) is 4.92. The van der Waals surface area contributed by atoms with Gasteiger partial charge in [0.2, 0.25) is 11.1 Å². The van der Waals surface area contributed by atoms with E-state index >= 15 is 0 Å². The first-order valence-corrected chi connectivity index (χ1v) is 11.0. The summed E-state index contributed by atoms with van der Waals surface area (Å²) in [4.78, 5) is 15.8. The molecule has 0 fully saturated rings. The highest BCUT2D eigenvalue weighted by Crippen LogP contribution is 2.29. The minimum Gasteiger partial charge on any atom is -0.473 e. The zero-order valence-electron chi connectivity index (χ0n) is 17.2. The molecule has 9 nitrogen and oxygen atoms in total. The fourth-order valence-electron chi connectivity index (χ4n) is 3.32. The molecule has 2 unspecified atom stereocenters. The number of ether oxygens (including phenoxy) is 1. The fourth-order valence-corrected chi connectivity index (χ4v) is 3.82. The highest BCUT2D eigenvalue weighted by molar-refractivity contribution is 7.85. The number of amides is 1. The van der Waals surface area contributed by atoms with Crippen LogP contribution in [-0.4, -0.2) is 35.0 Å². The number of aromatic nitrogens is 2. The van der Waals surface area contributed by atoms with Crippen LogP contribution in [-0.2, 0) is 28.4 Å². The summed E-state index contributed by atoms with van der Waals surface area (Å²) < 4.78 is 53.4. The summed E-state index contributed by atoms with van der Waals surface area (Å²) in [6.45, 7) is 0.172. The van der Waals surface area contributed by atoms with Crippen molar-refractivity contribution in [2.24, 2.45) is 18.5 Å². The van der Waals surface area contributed by atoms with Crippen molar-refractivity contribution >= 4 is 16.0 Å². The molecule has 0 saturated heterocycles. The number of aryl methyl sites for hydroxylation is 1. The number of carbonyl (C=O) groups excluding carboxylic acids is 1. The Balaban J connectivity index is 1.92. The van der Waals surface area contributed by atoms with Crippen molar-refractivity contribution in [3.63, 3.8) is 0 Å². The van der Waals surface area contributed by atoms with Crippen LogP contribution in [0.25, 0.3) is 0 Å². The SMILES string of the molecule is Cn1cc(S(=O)(=O)O)nc1C(Oc1ccc(F)c(C(CN)Cc2ccccc2)c1)C(N)=O. The molecule has 3 rings (SSSR count). The molecule has 0 bridgehead atoms. The molecule has 2 aromatic carbocycles. The van der Waals surface area contributed by atoms with Gasteiger partial charge in [0, 0.05) is 19.2 Å². The summed E-state index contributed by atoms with van der Waals surface area (Å²) >= 11 is 0. The molecular formula is C21H23FN4O5S. The van der Waals surface area contributed by atoms with Gasteiger partial charge in [-0.1, -0.05) is 30.3 Å². The first-order chi connectivity index (χ1) is 15.1. The lowest BCUT2D eigenvalue weighted by Gasteiger charge is -2.20. The minimum atomic E-state index is -4.60. The second-order valence-corrected chi connectivity index (χ2v) is 8.60. The van der Waals surface area contributed by atoms with E-state index in [1.54, 1.807) is 0 Å². The fraction of sp³-hybridized carbons (Fsp3) is 0.238. The van der Waals surface area contributed by atoms with Crippen molar-refractivity contribution in [2.75, 3.05) is 6.54 Å². The van der Waals surface area contributed by atoms with E-state index in [1.165, 1.54) is 29.8 Å². The summed E-state index contributed by atoms with van der Waals surface area (Å²) in [7, 11) is -3.18. The van der Waals surface area contributed by atoms with Crippen LogP contribution in [0.1, 0.15) is 29.0 Å². The van der Waals surface area contributed by atoms with E-state index < -0.39 is 33.0 Å². The van der Waals surface area contributed by atoms with Crippen LogP contribution < -0.4 is 16.2 Å². The molecule has 32 heavy (non-hydrogen) atoms. The second kappa shape index (κ2) is 9.47. The van der Waals surface area contributed by atoms with E-state index in [2.05, 4.69) is 4.98 Å². The highest BCUT2D eigenvalue weighted by atomic mass is 32.2. The van der Waals surface area contributed by atoms with E-state index in [4.69, 9.17) is 16.2 Å². The molecule has 0 aliphatic carbocycles. The summed E-state index contributed by atoms with van der Waals surface area (Å²) in [6.07, 6.45) is 0.0255. The average Bonchev–Trinajstić information content (AvgIpc) is 3.14. The van der Waals surface area contributed by atoms with Crippen LogP contribution in [0.3, 0.4) is 0 Å². The third-order valence-corrected chi connectivity index (χ3v) is 5.64. The van der Waals surface area contributed by atoms with Crippen LogP contribution in [0.2, 0.25) is 0 Å². The molecule has 1 amide bonds. The maximum Gasteiger partial charge on any atom is 0.313 e. The van der Waals surface area contributed by atoms with Crippen LogP contribution in [0.15, 0.2) is 59.8 Å². The smallest absolute Gasteiger partial charge is 0.313 e. The Bertz CT molecular complexity index is 1210. The van der Waals surface area contributed by atoms with E-state index in [1.807, 2.05) is 30.3 Å². The maximum absolute atomic E-state index is 14.6. The van der Waals surface area contributed by atoms with Crippen molar-refractivity contribution in [1.29, 1.82) is 0 Å². The van der Waals surface area contributed by atoms with Crippen molar-refractivity contribution < 1.29 is 26.9 Å². The van der Waals surface area contributed by atoms with E-state index in [0.717, 1.165) is 11.8 Å². The maximum atomic E-state index is 14.6. The predicted molar refractivity (Wildman–Crippen MR) is 114 cm³/mol. The zero-order chi connectivity index (χ0) is 23.5. The topological polar surface area (TPSA) is 151 Å². The number of benzene rings is 2. The number of hydrogen-bond donors (Lipinski definition) is 3. The van der Waals surface area contributed by atoms with Crippen molar-refractivity contribution in [1.82, 2.24) is 9.55 Å². The van der Waals surface area contributed by atoms with Gasteiger partial charge in [-0.25, -0.2) is 9.37 Å². The lowest BCUT2D eigenvalue weighted by atomic mass is 9.91. The summed E-state index contributed by atoms with van der Waals surface area (Å²) in [6, 6.07) is 13.4. The quantitative estimate of drug-likeness (QED) is 0.409. The first kappa shape index (κ1) is 23.4. The largest absolute Gasteiger partial charge is 0.473 e. The molecule has 0 radical (unpaired) electrons. The summed E-state index contributed by atoms with van der Waals surface area (Å²) in [5, 5.41) is -0.657. The molecule has 0 saturated carbocycles. The van der Waals surface area contributed by atoms with Gasteiger partial charge in [0.1, 0.15) is 11.6 Å². The number of nitrogens with zero attached hydrogens (tertiary/aromatic N) is 2.